The summed E-state index contributed by atoms with van der Waals surface area (Å²) in [6.07, 6.45) is 4.31. The number of ether oxygens (including phenoxy) is 2. The van der Waals surface area contributed by atoms with Gasteiger partial charge in [0.15, 0.2) is 19.7 Å². The first-order valence-electron chi connectivity index (χ1n) is 11.0. The van der Waals surface area contributed by atoms with Gasteiger partial charge >= 0.3 is 6.03 Å². The first kappa shape index (κ1) is 34.6. The quantitative estimate of drug-likeness (QED) is 0.256. The molecule has 220 valence electrons. The van der Waals surface area contributed by atoms with Crippen molar-refractivity contribution in [1.29, 1.82) is 0 Å². The summed E-state index contributed by atoms with van der Waals surface area (Å²) in [5.41, 5.74) is 0. The van der Waals surface area contributed by atoms with Crippen LogP contribution in [-0.2, 0) is 24.7 Å². The summed E-state index contributed by atoms with van der Waals surface area (Å²) in [7, 11) is -5.85. The summed E-state index contributed by atoms with van der Waals surface area (Å²) in [4.78, 5) is 34.5. The number of anilines is 1. The standard InChI is InChI=1S/C14H17N5O7S2.C8H11Cl2NO/c1-4-27(21,22)9-6-5-7-15-12(9)28(23,24)19-14(20)18-13-16-10(25-2)8-11(17-13)26-3;1-3-5-11(6-4-2)8(12)7(9)10/h5-8H,4H2,1-3H3,(H2,16,17,18,19,20);3-4,7H,1-2,5-6H2. The Morgan fingerprint density at radius 2 is 1.62 bits per heavy atom. The van der Waals surface area contributed by atoms with Crippen molar-refractivity contribution in [2.45, 2.75) is 21.7 Å². The average Bonchev–Trinajstić information content (AvgIpc) is 2.92. The molecule has 0 aliphatic rings. The van der Waals surface area contributed by atoms with E-state index < -0.39 is 40.6 Å². The molecule has 0 atom stereocenters. The van der Waals surface area contributed by atoms with E-state index in [0.29, 0.717) is 13.1 Å². The molecular formula is C22H28Cl2N6O8S2. The number of methoxy groups -OCH3 is 2. The van der Waals surface area contributed by atoms with Crippen molar-refractivity contribution >= 4 is 60.9 Å². The van der Waals surface area contributed by atoms with E-state index in [1.54, 1.807) is 16.9 Å². The molecule has 18 heteroatoms. The molecule has 40 heavy (non-hydrogen) atoms. The minimum absolute atomic E-state index is 0.0612. The van der Waals surface area contributed by atoms with Crippen LogP contribution in [-0.4, -0.2) is 86.5 Å². The van der Waals surface area contributed by atoms with Crippen molar-refractivity contribution in [1.82, 2.24) is 24.6 Å². The Labute approximate surface area is 242 Å². The highest BCUT2D eigenvalue weighted by molar-refractivity contribution is 7.93. The highest BCUT2D eigenvalue weighted by Gasteiger charge is 2.28. The van der Waals surface area contributed by atoms with Gasteiger partial charge in [-0.15, -0.1) is 13.2 Å². The molecule has 0 bridgehead atoms. The van der Waals surface area contributed by atoms with E-state index in [4.69, 9.17) is 32.7 Å². The van der Waals surface area contributed by atoms with E-state index in [0.717, 1.165) is 12.3 Å². The highest BCUT2D eigenvalue weighted by atomic mass is 35.5. The summed E-state index contributed by atoms with van der Waals surface area (Å²) in [6.45, 7) is 9.24. The van der Waals surface area contributed by atoms with Gasteiger partial charge in [0.2, 0.25) is 17.7 Å². The summed E-state index contributed by atoms with van der Waals surface area (Å²) in [5.74, 6) is -0.841. The number of carbonyl (C=O) groups is 2. The van der Waals surface area contributed by atoms with E-state index in [1.165, 1.54) is 38.2 Å². The first-order chi connectivity index (χ1) is 18.8. The molecule has 2 rings (SSSR count). The van der Waals surface area contributed by atoms with Gasteiger partial charge in [0.25, 0.3) is 15.9 Å². The van der Waals surface area contributed by atoms with Gasteiger partial charge in [-0.25, -0.2) is 22.9 Å². The van der Waals surface area contributed by atoms with Crippen molar-refractivity contribution < 1.29 is 35.9 Å². The topological polar surface area (TPSA) is 187 Å². The zero-order chi connectivity index (χ0) is 30.5. The number of hydrogen-bond donors (Lipinski definition) is 2. The number of halogens is 2. The van der Waals surface area contributed by atoms with Crippen LogP contribution >= 0.6 is 23.2 Å². The predicted molar refractivity (Wildman–Crippen MR) is 149 cm³/mol. The van der Waals surface area contributed by atoms with Gasteiger partial charge in [0.1, 0.15) is 4.90 Å². The van der Waals surface area contributed by atoms with Crippen molar-refractivity contribution in [3.63, 3.8) is 0 Å². The van der Waals surface area contributed by atoms with E-state index in [2.05, 4.69) is 33.4 Å². The third kappa shape index (κ3) is 10.3. The van der Waals surface area contributed by atoms with Crippen LogP contribution in [0.5, 0.6) is 11.8 Å². The lowest BCUT2D eigenvalue weighted by atomic mass is 10.4. The van der Waals surface area contributed by atoms with Crippen LogP contribution in [0.1, 0.15) is 6.92 Å². The SMILES string of the molecule is C=CCN(CC=C)C(=O)C(Cl)Cl.CCS(=O)(=O)c1cccnc1S(=O)(=O)NC(=O)Nc1nc(OC)cc(OC)n1. The second-order valence-corrected chi connectivity index (χ2v) is 12.1. The number of sulfone groups is 1. The number of carbonyl (C=O) groups excluding carboxylic acids is 2. The number of nitrogens with zero attached hydrogens (tertiary/aromatic N) is 4. The number of urea groups is 1. The summed E-state index contributed by atoms with van der Waals surface area (Å²) >= 11 is 10.8. The largest absolute Gasteiger partial charge is 0.481 e. The molecule has 0 fully saturated rings. The molecule has 0 saturated carbocycles. The van der Waals surface area contributed by atoms with Crippen LogP contribution < -0.4 is 19.5 Å². The number of rotatable bonds is 12. The number of nitrogens with one attached hydrogen (secondary N) is 2. The lowest BCUT2D eigenvalue weighted by Gasteiger charge is -2.19. The molecule has 2 aromatic rings. The third-order valence-corrected chi connectivity index (χ3v) is 8.00. The van der Waals surface area contributed by atoms with Crippen molar-refractivity contribution in [3.8, 4) is 11.8 Å². The predicted octanol–water partition coefficient (Wildman–Crippen LogP) is 2.18. The molecule has 0 radical (unpaired) electrons. The molecule has 2 heterocycles. The maximum Gasteiger partial charge on any atom is 0.335 e. The number of hydrogen-bond acceptors (Lipinski definition) is 11. The van der Waals surface area contributed by atoms with Crippen LogP contribution in [0.15, 0.2) is 59.6 Å². The van der Waals surface area contributed by atoms with E-state index in [9.17, 15) is 26.4 Å². The monoisotopic (exact) mass is 638 g/mol. The van der Waals surface area contributed by atoms with Crippen LogP contribution in [0.3, 0.4) is 0 Å². The Kier molecular flexibility index (Phi) is 13.8. The molecule has 0 saturated heterocycles. The lowest BCUT2D eigenvalue weighted by Crippen LogP contribution is -2.36. The minimum atomic E-state index is -4.61. The van der Waals surface area contributed by atoms with Gasteiger partial charge in [-0.05, 0) is 12.1 Å². The fourth-order valence-electron chi connectivity index (χ4n) is 2.64. The van der Waals surface area contributed by atoms with Gasteiger partial charge < -0.3 is 14.4 Å². The van der Waals surface area contributed by atoms with Gasteiger partial charge in [-0.3, -0.25) is 10.1 Å². The Morgan fingerprint density at radius 3 is 2.08 bits per heavy atom. The van der Waals surface area contributed by atoms with Gasteiger partial charge in [-0.1, -0.05) is 42.3 Å². The summed E-state index contributed by atoms with van der Waals surface area (Å²) in [6, 6.07) is 2.47. The molecule has 0 aromatic carbocycles. The average molecular weight is 640 g/mol. The van der Waals surface area contributed by atoms with Crippen LogP contribution in [0.4, 0.5) is 10.7 Å². The first-order valence-corrected chi connectivity index (χ1v) is 15.0. The molecule has 0 aliphatic heterocycles. The molecule has 0 spiro atoms. The molecule has 0 aliphatic carbocycles. The fraction of sp³-hybridized carbons (Fsp3) is 0.318. The van der Waals surface area contributed by atoms with Crippen LogP contribution in [0, 0.1) is 0 Å². The number of aromatic nitrogens is 3. The van der Waals surface area contributed by atoms with E-state index in [-0.39, 0.29) is 29.4 Å². The smallest absolute Gasteiger partial charge is 0.335 e. The maximum absolute atomic E-state index is 12.5. The van der Waals surface area contributed by atoms with Gasteiger partial charge in [0.05, 0.1) is 26.0 Å². The van der Waals surface area contributed by atoms with Crippen molar-refractivity contribution in [3.05, 3.63) is 49.7 Å². The van der Waals surface area contributed by atoms with Gasteiger partial charge in [0, 0.05) is 19.3 Å². The zero-order valence-electron chi connectivity index (χ0n) is 21.7. The Morgan fingerprint density at radius 1 is 1.07 bits per heavy atom. The molecule has 0 unspecified atom stereocenters. The fourth-order valence-corrected chi connectivity index (χ4v) is 5.47. The Balaban J connectivity index is 0.000000562. The highest BCUT2D eigenvalue weighted by Crippen LogP contribution is 2.20. The zero-order valence-corrected chi connectivity index (χ0v) is 24.8. The number of alkyl halides is 2. The maximum atomic E-state index is 12.5. The Bertz CT molecular complexity index is 1390. The molecular weight excluding hydrogens is 611 g/mol. The van der Waals surface area contributed by atoms with Crippen LogP contribution in [0.2, 0.25) is 0 Å². The second kappa shape index (κ2) is 16.0. The van der Waals surface area contributed by atoms with E-state index in [1.807, 2.05) is 0 Å². The molecule has 2 aromatic heterocycles. The summed E-state index contributed by atoms with van der Waals surface area (Å²) < 4.78 is 60.7. The summed E-state index contributed by atoms with van der Waals surface area (Å²) in [5, 5.41) is 1.31. The molecule has 14 nitrogen and oxygen atoms in total. The lowest BCUT2D eigenvalue weighted by molar-refractivity contribution is -0.128. The van der Waals surface area contributed by atoms with Crippen molar-refractivity contribution in [2.75, 3.05) is 38.4 Å². The minimum Gasteiger partial charge on any atom is -0.481 e. The molecule has 3 amide bonds. The second-order valence-electron chi connectivity index (χ2n) is 7.17. The van der Waals surface area contributed by atoms with Crippen LogP contribution in [0.25, 0.3) is 0 Å². The number of sulfonamides is 1. The van der Waals surface area contributed by atoms with Gasteiger partial charge in [-0.2, -0.15) is 18.4 Å². The number of amides is 3. The Hall–Kier alpha value is -3.47. The van der Waals surface area contributed by atoms with Crippen molar-refractivity contribution in [2.24, 2.45) is 0 Å². The van der Waals surface area contributed by atoms with E-state index >= 15 is 0 Å². The normalized spacial score (nSPS) is 10.9. The third-order valence-electron chi connectivity index (χ3n) is 4.45. The number of pyridine rings is 1. The molecule has 2 N–H and O–H groups in total.